The number of rotatable bonds is 5. The Labute approximate surface area is 180 Å². The van der Waals surface area contributed by atoms with E-state index in [9.17, 15) is 9.59 Å². The van der Waals surface area contributed by atoms with Gasteiger partial charge in [0.15, 0.2) is 5.75 Å². The fourth-order valence-corrected chi connectivity index (χ4v) is 4.10. The minimum atomic E-state index is -0.177. The highest BCUT2D eigenvalue weighted by atomic mass is 35.5. The smallest absolute Gasteiger partial charge is 0.255 e. The van der Waals surface area contributed by atoms with Crippen molar-refractivity contribution in [1.29, 1.82) is 0 Å². The van der Waals surface area contributed by atoms with Gasteiger partial charge in [-0.3, -0.25) is 9.59 Å². The molecular weight excluding hydrogens is 404 g/mol. The van der Waals surface area contributed by atoms with E-state index in [4.69, 9.17) is 21.1 Å². The quantitative estimate of drug-likeness (QED) is 0.766. The van der Waals surface area contributed by atoms with Crippen molar-refractivity contribution in [3.63, 3.8) is 0 Å². The fraction of sp³-hybridized carbons (Fsp3) is 0.391. The van der Waals surface area contributed by atoms with Crippen LogP contribution in [0.15, 0.2) is 30.3 Å². The van der Waals surface area contributed by atoms with Gasteiger partial charge in [0.2, 0.25) is 0 Å². The van der Waals surface area contributed by atoms with Gasteiger partial charge in [0.05, 0.1) is 23.2 Å². The molecule has 2 N–H and O–H groups in total. The van der Waals surface area contributed by atoms with Crippen molar-refractivity contribution < 1.29 is 19.1 Å². The number of hydrogen-bond donors (Lipinski definition) is 2. The standard InChI is InChI=1S/C23H25ClN2O4/c1-13-16(10-19-21(20(13)24)30-8-7-25-23(19)28)9-14-3-5-15(6-4-14)22(27)26-17-11-18(12-17)29-2/h3-6,10,17-18H,7-9,11-12H2,1-2H3,(H,25,28)(H,26,27). The molecule has 1 fully saturated rings. The summed E-state index contributed by atoms with van der Waals surface area (Å²) in [6, 6.07) is 9.55. The Bertz CT molecular complexity index is 968. The minimum absolute atomic E-state index is 0.0702. The Hall–Kier alpha value is -2.57. The molecule has 6 nitrogen and oxygen atoms in total. The van der Waals surface area contributed by atoms with Crippen LogP contribution < -0.4 is 15.4 Å². The van der Waals surface area contributed by atoms with Crippen LogP contribution in [0.5, 0.6) is 5.75 Å². The number of amides is 2. The monoisotopic (exact) mass is 428 g/mol. The number of carbonyl (C=O) groups is 2. The molecule has 1 aliphatic heterocycles. The van der Waals surface area contributed by atoms with Gasteiger partial charge in [0, 0.05) is 18.7 Å². The predicted octanol–water partition coefficient (Wildman–Crippen LogP) is 3.27. The highest BCUT2D eigenvalue weighted by Gasteiger charge is 2.30. The van der Waals surface area contributed by atoms with Crippen molar-refractivity contribution >= 4 is 23.4 Å². The highest BCUT2D eigenvalue weighted by Crippen LogP contribution is 2.36. The molecule has 1 aliphatic carbocycles. The second kappa shape index (κ2) is 8.66. The lowest BCUT2D eigenvalue weighted by atomic mass is 9.89. The summed E-state index contributed by atoms with van der Waals surface area (Å²) < 4.78 is 10.9. The molecule has 1 heterocycles. The molecule has 2 amide bonds. The van der Waals surface area contributed by atoms with Crippen LogP contribution in [0.1, 0.15) is 50.2 Å². The van der Waals surface area contributed by atoms with E-state index in [1.807, 2.05) is 37.3 Å². The Morgan fingerprint density at radius 2 is 2.03 bits per heavy atom. The third-order valence-electron chi connectivity index (χ3n) is 5.83. The third-order valence-corrected chi connectivity index (χ3v) is 6.28. The molecule has 0 saturated heterocycles. The summed E-state index contributed by atoms with van der Waals surface area (Å²) in [7, 11) is 1.69. The van der Waals surface area contributed by atoms with Crippen LogP contribution in [0.25, 0.3) is 0 Å². The molecule has 1 saturated carbocycles. The SMILES string of the molecule is COC1CC(NC(=O)c2ccc(Cc3cc4c(c(Cl)c3C)OCCNC4=O)cc2)C1. The normalized spacial score (nSPS) is 20.3. The molecule has 0 radical (unpaired) electrons. The van der Waals surface area contributed by atoms with Gasteiger partial charge in [-0.25, -0.2) is 0 Å². The lowest BCUT2D eigenvalue weighted by molar-refractivity contribution is 0.0176. The summed E-state index contributed by atoms with van der Waals surface area (Å²) in [5.74, 6) is 0.204. The molecule has 158 valence electrons. The van der Waals surface area contributed by atoms with Crippen molar-refractivity contribution in [3.05, 3.63) is 63.2 Å². The van der Waals surface area contributed by atoms with Crippen molar-refractivity contribution in [2.24, 2.45) is 0 Å². The van der Waals surface area contributed by atoms with Crippen LogP contribution in [0.3, 0.4) is 0 Å². The van der Waals surface area contributed by atoms with Gasteiger partial charge in [0.25, 0.3) is 11.8 Å². The van der Waals surface area contributed by atoms with Gasteiger partial charge in [0.1, 0.15) is 6.61 Å². The minimum Gasteiger partial charge on any atom is -0.489 e. The first kappa shape index (κ1) is 20.7. The number of hydrogen-bond acceptors (Lipinski definition) is 4. The zero-order chi connectivity index (χ0) is 21.3. The summed E-state index contributed by atoms with van der Waals surface area (Å²) in [4.78, 5) is 24.8. The second-order valence-corrected chi connectivity index (χ2v) is 8.21. The average Bonchev–Trinajstić information content (AvgIpc) is 2.90. The van der Waals surface area contributed by atoms with E-state index >= 15 is 0 Å². The molecule has 0 bridgehead atoms. The van der Waals surface area contributed by atoms with Crippen molar-refractivity contribution in [3.8, 4) is 5.75 Å². The van der Waals surface area contributed by atoms with Crippen molar-refractivity contribution in [2.45, 2.75) is 38.3 Å². The maximum absolute atomic E-state index is 12.4. The van der Waals surface area contributed by atoms with Crippen molar-refractivity contribution in [1.82, 2.24) is 10.6 Å². The van der Waals surface area contributed by atoms with E-state index in [0.717, 1.165) is 29.5 Å². The first-order valence-corrected chi connectivity index (χ1v) is 10.5. The average molecular weight is 429 g/mol. The van der Waals surface area contributed by atoms with Gasteiger partial charge in [-0.05, 0) is 61.1 Å². The Morgan fingerprint density at radius 1 is 1.30 bits per heavy atom. The first-order chi connectivity index (χ1) is 14.5. The molecule has 2 aromatic carbocycles. The lowest BCUT2D eigenvalue weighted by Gasteiger charge is -2.34. The van der Waals surface area contributed by atoms with Gasteiger partial charge in [-0.2, -0.15) is 0 Å². The summed E-state index contributed by atoms with van der Waals surface area (Å²) in [6.45, 7) is 2.78. The van der Waals surface area contributed by atoms with Crippen LogP contribution in [0.2, 0.25) is 5.02 Å². The molecule has 30 heavy (non-hydrogen) atoms. The van der Waals surface area contributed by atoms with E-state index < -0.39 is 0 Å². The number of nitrogens with one attached hydrogen (secondary N) is 2. The van der Waals surface area contributed by atoms with E-state index in [-0.39, 0.29) is 24.0 Å². The van der Waals surface area contributed by atoms with Crippen LogP contribution in [-0.4, -0.2) is 44.2 Å². The molecule has 2 aromatic rings. The number of halogens is 1. The topological polar surface area (TPSA) is 76.7 Å². The summed E-state index contributed by atoms with van der Waals surface area (Å²) in [6.07, 6.45) is 2.57. The van der Waals surface area contributed by atoms with Gasteiger partial charge in [-0.15, -0.1) is 0 Å². The zero-order valence-corrected chi connectivity index (χ0v) is 17.8. The Morgan fingerprint density at radius 3 is 2.73 bits per heavy atom. The van der Waals surface area contributed by atoms with E-state index in [0.29, 0.717) is 41.5 Å². The molecule has 4 rings (SSSR count). The van der Waals surface area contributed by atoms with Gasteiger partial charge >= 0.3 is 0 Å². The van der Waals surface area contributed by atoms with E-state index in [1.165, 1.54) is 0 Å². The first-order valence-electron chi connectivity index (χ1n) is 10.1. The van der Waals surface area contributed by atoms with E-state index in [1.54, 1.807) is 7.11 Å². The molecule has 2 aliphatic rings. The van der Waals surface area contributed by atoms with Gasteiger partial charge in [-0.1, -0.05) is 23.7 Å². The maximum atomic E-state index is 12.4. The van der Waals surface area contributed by atoms with Crippen LogP contribution in [0, 0.1) is 6.92 Å². The van der Waals surface area contributed by atoms with Crippen molar-refractivity contribution in [2.75, 3.05) is 20.3 Å². The predicted molar refractivity (Wildman–Crippen MR) is 115 cm³/mol. The zero-order valence-electron chi connectivity index (χ0n) is 17.1. The molecule has 0 aromatic heterocycles. The molecular formula is C23H25ClN2O4. The van der Waals surface area contributed by atoms with Crippen LogP contribution in [0.4, 0.5) is 0 Å². The number of methoxy groups -OCH3 is 1. The number of ether oxygens (including phenoxy) is 2. The number of fused-ring (bicyclic) bond motifs is 1. The number of carbonyl (C=O) groups excluding carboxylic acids is 2. The maximum Gasteiger partial charge on any atom is 0.255 e. The largest absolute Gasteiger partial charge is 0.489 e. The Kier molecular flexibility index (Phi) is 5.97. The highest BCUT2D eigenvalue weighted by molar-refractivity contribution is 6.33. The molecule has 0 unspecified atom stereocenters. The summed E-state index contributed by atoms with van der Waals surface area (Å²) in [5.41, 5.74) is 3.97. The number of benzene rings is 2. The third kappa shape index (κ3) is 4.16. The summed E-state index contributed by atoms with van der Waals surface area (Å²) in [5, 5.41) is 6.33. The fourth-order valence-electron chi connectivity index (χ4n) is 3.82. The summed E-state index contributed by atoms with van der Waals surface area (Å²) >= 11 is 6.51. The Balaban J connectivity index is 1.48. The lowest BCUT2D eigenvalue weighted by Crippen LogP contribution is -2.47. The van der Waals surface area contributed by atoms with Crippen LogP contribution >= 0.6 is 11.6 Å². The van der Waals surface area contributed by atoms with Gasteiger partial charge < -0.3 is 20.1 Å². The van der Waals surface area contributed by atoms with Crippen LogP contribution in [-0.2, 0) is 11.2 Å². The molecule has 0 atom stereocenters. The second-order valence-electron chi connectivity index (χ2n) is 7.83. The molecule has 7 heteroatoms. The molecule has 0 spiro atoms. The van der Waals surface area contributed by atoms with E-state index in [2.05, 4.69) is 10.6 Å².